The van der Waals surface area contributed by atoms with Crippen LogP contribution in [0.3, 0.4) is 0 Å². The summed E-state index contributed by atoms with van der Waals surface area (Å²) in [5.74, 6) is 0. The van der Waals surface area contributed by atoms with Gasteiger partial charge in [0.05, 0.1) is 6.10 Å². The van der Waals surface area contributed by atoms with E-state index in [-0.39, 0.29) is 6.03 Å². The van der Waals surface area contributed by atoms with Crippen LogP contribution in [0.4, 0.5) is 4.79 Å². The fourth-order valence-corrected chi connectivity index (χ4v) is 1.19. The Hall–Kier alpha value is -0.770. The van der Waals surface area contributed by atoms with E-state index in [1.54, 1.807) is 23.8 Å². The first kappa shape index (κ1) is 8.33. The van der Waals surface area contributed by atoms with Crippen molar-refractivity contribution in [2.75, 3.05) is 26.7 Å². The molecule has 1 N–H and O–H groups in total. The molecule has 4 nitrogen and oxygen atoms in total. The Labute approximate surface area is 66.4 Å². The summed E-state index contributed by atoms with van der Waals surface area (Å²) >= 11 is 0. The molecule has 0 aromatic rings. The number of β-amino-alcohol motifs (C(OH)–C–C–N with tert-alkyl or cyclic N) is 1. The Bertz CT molecular complexity index is 159. The second-order valence-electron chi connectivity index (χ2n) is 3.00. The fourth-order valence-electron chi connectivity index (χ4n) is 1.19. The van der Waals surface area contributed by atoms with Crippen molar-refractivity contribution in [1.82, 2.24) is 9.80 Å². The molecule has 0 aromatic heterocycles. The molecular formula is C7H14N2O2. The number of aliphatic hydroxyl groups is 1. The number of aliphatic hydroxyl groups excluding tert-OH is 1. The molecule has 4 heteroatoms. The van der Waals surface area contributed by atoms with E-state index in [0.717, 1.165) is 13.1 Å². The van der Waals surface area contributed by atoms with E-state index in [1.165, 1.54) is 0 Å². The van der Waals surface area contributed by atoms with Gasteiger partial charge in [-0.25, -0.2) is 4.79 Å². The molecule has 1 aliphatic heterocycles. The molecule has 1 rings (SSSR count). The number of carbonyl (C=O) groups excluding carboxylic acids is 1. The maximum atomic E-state index is 11.2. The van der Waals surface area contributed by atoms with Crippen molar-refractivity contribution >= 4 is 6.03 Å². The highest BCUT2D eigenvalue weighted by atomic mass is 16.3. The first-order valence-corrected chi connectivity index (χ1v) is 3.79. The summed E-state index contributed by atoms with van der Waals surface area (Å²) in [6.45, 7) is 3.64. The number of likely N-dealkylation sites (N-methyl/N-ethyl adjacent to an activating group) is 1. The summed E-state index contributed by atoms with van der Waals surface area (Å²) in [5.41, 5.74) is 0. The Kier molecular flexibility index (Phi) is 2.34. The van der Waals surface area contributed by atoms with Crippen molar-refractivity contribution in [2.24, 2.45) is 0 Å². The number of amides is 2. The standard InChI is InChI=1S/C7H14N2O2/c1-6(10)5-9-4-3-8(2)7(9)11/h6,10H,3-5H2,1-2H3/t6-/m1/s1. The van der Waals surface area contributed by atoms with Gasteiger partial charge in [-0.15, -0.1) is 0 Å². The van der Waals surface area contributed by atoms with Crippen LogP contribution in [-0.4, -0.2) is 53.7 Å². The molecule has 1 atom stereocenters. The molecule has 1 aliphatic rings. The third-order valence-corrected chi connectivity index (χ3v) is 1.79. The van der Waals surface area contributed by atoms with Gasteiger partial charge in [0, 0.05) is 26.7 Å². The van der Waals surface area contributed by atoms with E-state index >= 15 is 0 Å². The third-order valence-electron chi connectivity index (χ3n) is 1.79. The van der Waals surface area contributed by atoms with Gasteiger partial charge in [-0.3, -0.25) is 0 Å². The van der Waals surface area contributed by atoms with Crippen LogP contribution in [0.2, 0.25) is 0 Å². The highest BCUT2D eigenvalue weighted by Crippen LogP contribution is 2.05. The molecule has 1 saturated heterocycles. The summed E-state index contributed by atoms with van der Waals surface area (Å²) in [4.78, 5) is 14.5. The number of urea groups is 1. The summed E-state index contributed by atoms with van der Waals surface area (Å²) in [7, 11) is 1.77. The van der Waals surface area contributed by atoms with Gasteiger partial charge in [-0.05, 0) is 6.92 Å². The smallest absolute Gasteiger partial charge is 0.319 e. The topological polar surface area (TPSA) is 43.8 Å². The normalized spacial score (nSPS) is 21.2. The van der Waals surface area contributed by atoms with Crippen LogP contribution >= 0.6 is 0 Å². The van der Waals surface area contributed by atoms with Crippen LogP contribution in [0, 0.1) is 0 Å². The molecule has 0 spiro atoms. The summed E-state index contributed by atoms with van der Waals surface area (Å²) < 4.78 is 0. The molecule has 0 saturated carbocycles. The summed E-state index contributed by atoms with van der Waals surface area (Å²) in [5, 5.41) is 9.00. The molecule has 0 aliphatic carbocycles. The Morgan fingerprint density at radius 2 is 2.27 bits per heavy atom. The minimum absolute atomic E-state index is 0.0194. The molecule has 0 radical (unpaired) electrons. The zero-order valence-corrected chi connectivity index (χ0v) is 6.95. The lowest BCUT2D eigenvalue weighted by atomic mass is 10.4. The van der Waals surface area contributed by atoms with Gasteiger partial charge in [0.1, 0.15) is 0 Å². The van der Waals surface area contributed by atoms with Crippen LogP contribution in [0.1, 0.15) is 6.92 Å². The summed E-state index contributed by atoms with van der Waals surface area (Å²) in [6, 6.07) is 0.0194. The fraction of sp³-hybridized carbons (Fsp3) is 0.857. The van der Waals surface area contributed by atoms with Crippen molar-refractivity contribution in [3.8, 4) is 0 Å². The van der Waals surface area contributed by atoms with E-state index in [2.05, 4.69) is 0 Å². The quantitative estimate of drug-likeness (QED) is 0.601. The van der Waals surface area contributed by atoms with Gasteiger partial charge in [0.25, 0.3) is 0 Å². The number of hydrogen-bond donors (Lipinski definition) is 1. The third kappa shape index (κ3) is 1.83. The Morgan fingerprint density at radius 1 is 1.64 bits per heavy atom. The predicted molar refractivity (Wildman–Crippen MR) is 41.3 cm³/mol. The lowest BCUT2D eigenvalue weighted by Gasteiger charge is -2.16. The van der Waals surface area contributed by atoms with Gasteiger partial charge >= 0.3 is 6.03 Å². The maximum absolute atomic E-state index is 11.2. The SMILES string of the molecule is C[C@@H](O)CN1CCN(C)C1=O. The first-order chi connectivity index (χ1) is 5.11. The van der Waals surface area contributed by atoms with Crippen LogP contribution in [-0.2, 0) is 0 Å². The number of carbonyl (C=O) groups is 1. The second kappa shape index (κ2) is 3.09. The Morgan fingerprint density at radius 3 is 2.64 bits per heavy atom. The van der Waals surface area contributed by atoms with E-state index in [4.69, 9.17) is 5.11 Å². The van der Waals surface area contributed by atoms with E-state index in [0.29, 0.717) is 6.54 Å². The average Bonchev–Trinajstić information content (AvgIpc) is 2.18. The van der Waals surface area contributed by atoms with E-state index in [1.807, 2.05) is 0 Å². The number of hydrogen-bond acceptors (Lipinski definition) is 2. The predicted octanol–water partition coefficient (Wildman–Crippen LogP) is -0.265. The second-order valence-corrected chi connectivity index (χ2v) is 3.00. The summed E-state index contributed by atoms with van der Waals surface area (Å²) in [6.07, 6.45) is -0.426. The molecule has 1 fully saturated rings. The largest absolute Gasteiger partial charge is 0.392 e. The van der Waals surface area contributed by atoms with E-state index < -0.39 is 6.10 Å². The zero-order chi connectivity index (χ0) is 8.43. The highest BCUT2D eigenvalue weighted by Gasteiger charge is 2.25. The number of nitrogens with zero attached hydrogens (tertiary/aromatic N) is 2. The lowest BCUT2D eigenvalue weighted by Crippen LogP contribution is -2.34. The highest BCUT2D eigenvalue weighted by molar-refractivity contribution is 5.76. The van der Waals surface area contributed by atoms with E-state index in [9.17, 15) is 4.79 Å². The van der Waals surface area contributed by atoms with Gasteiger partial charge < -0.3 is 14.9 Å². The van der Waals surface area contributed by atoms with Crippen LogP contribution < -0.4 is 0 Å². The zero-order valence-electron chi connectivity index (χ0n) is 6.95. The van der Waals surface area contributed by atoms with Crippen molar-refractivity contribution < 1.29 is 9.90 Å². The molecular weight excluding hydrogens is 144 g/mol. The molecule has 2 amide bonds. The molecule has 1 heterocycles. The molecule has 0 unspecified atom stereocenters. The van der Waals surface area contributed by atoms with Crippen LogP contribution in [0.15, 0.2) is 0 Å². The Balaban J connectivity index is 2.42. The van der Waals surface area contributed by atoms with Crippen LogP contribution in [0.25, 0.3) is 0 Å². The van der Waals surface area contributed by atoms with Crippen LogP contribution in [0.5, 0.6) is 0 Å². The molecule has 11 heavy (non-hydrogen) atoms. The van der Waals surface area contributed by atoms with Gasteiger partial charge in [-0.1, -0.05) is 0 Å². The lowest BCUT2D eigenvalue weighted by molar-refractivity contribution is 0.141. The molecule has 0 aromatic carbocycles. The minimum atomic E-state index is -0.426. The monoisotopic (exact) mass is 158 g/mol. The van der Waals surface area contributed by atoms with Gasteiger partial charge in [0.2, 0.25) is 0 Å². The van der Waals surface area contributed by atoms with Gasteiger partial charge in [0.15, 0.2) is 0 Å². The average molecular weight is 158 g/mol. The maximum Gasteiger partial charge on any atom is 0.319 e. The molecule has 64 valence electrons. The van der Waals surface area contributed by atoms with Crippen molar-refractivity contribution in [3.63, 3.8) is 0 Å². The molecule has 0 bridgehead atoms. The van der Waals surface area contributed by atoms with Crippen molar-refractivity contribution in [2.45, 2.75) is 13.0 Å². The minimum Gasteiger partial charge on any atom is -0.392 e. The number of rotatable bonds is 2. The van der Waals surface area contributed by atoms with Crippen molar-refractivity contribution in [3.05, 3.63) is 0 Å². The van der Waals surface area contributed by atoms with Crippen molar-refractivity contribution in [1.29, 1.82) is 0 Å². The van der Waals surface area contributed by atoms with Gasteiger partial charge in [-0.2, -0.15) is 0 Å². The first-order valence-electron chi connectivity index (χ1n) is 3.79.